The van der Waals surface area contributed by atoms with Crippen molar-refractivity contribution < 1.29 is 4.79 Å². The molecule has 0 fully saturated rings. The fraction of sp³-hybridized carbons (Fsp3) is 0.467. The number of likely N-dealkylation sites (N-methyl/N-ethyl adjacent to an activating group) is 1. The summed E-state index contributed by atoms with van der Waals surface area (Å²) in [6.07, 6.45) is 1.87. The summed E-state index contributed by atoms with van der Waals surface area (Å²) < 4.78 is 0. The first kappa shape index (κ1) is 14.2. The lowest BCUT2D eigenvalue weighted by molar-refractivity contribution is -0.124. The van der Waals surface area contributed by atoms with E-state index in [9.17, 15) is 4.79 Å². The minimum Gasteiger partial charge on any atom is -0.333 e. The molecular formula is C15H20N2O. The topological polar surface area (TPSA) is 44.1 Å². The van der Waals surface area contributed by atoms with Crippen molar-refractivity contribution >= 4 is 5.91 Å². The van der Waals surface area contributed by atoms with Crippen LogP contribution in [-0.4, -0.2) is 24.4 Å². The highest BCUT2D eigenvalue weighted by Crippen LogP contribution is 2.10. The molecule has 1 amide bonds. The summed E-state index contributed by atoms with van der Waals surface area (Å²) in [5, 5.41) is 8.48. The van der Waals surface area contributed by atoms with E-state index in [1.54, 1.807) is 13.1 Å². The Morgan fingerprint density at radius 1 is 1.28 bits per heavy atom. The van der Waals surface area contributed by atoms with E-state index in [-0.39, 0.29) is 0 Å². The first-order valence-corrected chi connectivity index (χ1v) is 6.26. The van der Waals surface area contributed by atoms with E-state index in [4.69, 9.17) is 5.26 Å². The smallest absolute Gasteiger partial charge is 0.324 e. The summed E-state index contributed by atoms with van der Waals surface area (Å²) >= 11 is 0. The van der Waals surface area contributed by atoms with E-state index in [1.165, 1.54) is 16.0 Å². The number of nitrogens with zero attached hydrogens (tertiary/aromatic N) is 2. The Balaban J connectivity index is 2.49. The third-order valence-corrected chi connectivity index (χ3v) is 2.85. The normalized spacial score (nSPS) is 10.2. The van der Waals surface area contributed by atoms with Crippen molar-refractivity contribution in [1.29, 1.82) is 5.26 Å². The SMILES string of the molecule is CC(C)Cc1ccc(CCN(C)C(=O)C#N)cc1. The molecule has 0 heterocycles. The zero-order chi connectivity index (χ0) is 13.5. The first-order chi connectivity index (χ1) is 8.52. The Hall–Kier alpha value is -1.82. The van der Waals surface area contributed by atoms with Crippen LogP contribution in [0.5, 0.6) is 0 Å². The van der Waals surface area contributed by atoms with E-state index in [0.717, 1.165) is 12.8 Å². The number of amides is 1. The van der Waals surface area contributed by atoms with Gasteiger partial charge in [-0.1, -0.05) is 38.1 Å². The summed E-state index contributed by atoms with van der Waals surface area (Å²) in [6, 6.07) is 10.1. The van der Waals surface area contributed by atoms with Gasteiger partial charge in [0.15, 0.2) is 6.07 Å². The van der Waals surface area contributed by atoms with Gasteiger partial charge in [0.25, 0.3) is 0 Å². The molecule has 1 aromatic carbocycles. The van der Waals surface area contributed by atoms with Crippen molar-refractivity contribution in [3.63, 3.8) is 0 Å². The molecule has 0 N–H and O–H groups in total. The van der Waals surface area contributed by atoms with Gasteiger partial charge in [-0.15, -0.1) is 0 Å². The Morgan fingerprint density at radius 3 is 2.33 bits per heavy atom. The average Bonchev–Trinajstić information content (AvgIpc) is 2.36. The number of carbonyl (C=O) groups is 1. The molecule has 0 spiro atoms. The molecule has 0 saturated carbocycles. The highest BCUT2D eigenvalue weighted by atomic mass is 16.2. The van der Waals surface area contributed by atoms with Crippen molar-refractivity contribution in [3.8, 4) is 6.07 Å². The van der Waals surface area contributed by atoms with Crippen molar-refractivity contribution in [3.05, 3.63) is 35.4 Å². The molecule has 0 aliphatic heterocycles. The van der Waals surface area contributed by atoms with Gasteiger partial charge in [-0.3, -0.25) is 4.79 Å². The van der Waals surface area contributed by atoms with Gasteiger partial charge in [-0.05, 0) is 29.9 Å². The molecule has 18 heavy (non-hydrogen) atoms. The lowest BCUT2D eigenvalue weighted by Crippen LogP contribution is -2.27. The predicted molar refractivity (Wildman–Crippen MR) is 71.9 cm³/mol. The van der Waals surface area contributed by atoms with Crippen LogP contribution in [0.2, 0.25) is 0 Å². The maximum atomic E-state index is 11.1. The number of hydrogen-bond donors (Lipinski definition) is 0. The summed E-state index contributed by atoms with van der Waals surface area (Å²) in [6.45, 7) is 4.99. The molecular weight excluding hydrogens is 224 g/mol. The molecule has 0 atom stereocenters. The van der Waals surface area contributed by atoms with E-state index < -0.39 is 5.91 Å². The standard InChI is InChI=1S/C15H20N2O/c1-12(2)10-14-6-4-13(5-7-14)8-9-17(3)15(18)11-16/h4-7,12H,8-10H2,1-3H3. The van der Waals surface area contributed by atoms with Gasteiger partial charge in [-0.2, -0.15) is 5.26 Å². The summed E-state index contributed by atoms with van der Waals surface area (Å²) in [5.74, 6) is 0.182. The van der Waals surface area contributed by atoms with Gasteiger partial charge in [0.05, 0.1) is 0 Å². The Morgan fingerprint density at radius 2 is 1.83 bits per heavy atom. The second kappa shape index (κ2) is 6.80. The molecule has 0 radical (unpaired) electrons. The minimum absolute atomic E-state index is 0.480. The highest BCUT2D eigenvalue weighted by Gasteiger charge is 2.06. The molecule has 0 unspecified atom stereocenters. The van der Waals surface area contributed by atoms with Gasteiger partial charge in [-0.25, -0.2) is 0 Å². The van der Waals surface area contributed by atoms with E-state index >= 15 is 0 Å². The van der Waals surface area contributed by atoms with Crippen LogP contribution >= 0.6 is 0 Å². The van der Waals surface area contributed by atoms with Crippen molar-refractivity contribution in [2.24, 2.45) is 5.92 Å². The monoisotopic (exact) mass is 244 g/mol. The summed E-state index contributed by atoms with van der Waals surface area (Å²) in [7, 11) is 1.65. The number of carbonyl (C=O) groups excluding carboxylic acids is 1. The van der Waals surface area contributed by atoms with Crippen molar-refractivity contribution in [2.45, 2.75) is 26.7 Å². The van der Waals surface area contributed by atoms with Crippen LogP contribution in [0, 0.1) is 17.2 Å². The minimum atomic E-state index is -0.480. The third-order valence-electron chi connectivity index (χ3n) is 2.85. The second-order valence-corrected chi connectivity index (χ2v) is 5.00. The summed E-state index contributed by atoms with van der Waals surface area (Å²) in [5.41, 5.74) is 2.54. The second-order valence-electron chi connectivity index (χ2n) is 5.00. The largest absolute Gasteiger partial charge is 0.333 e. The van der Waals surface area contributed by atoms with Crippen LogP contribution in [0.15, 0.2) is 24.3 Å². The Labute approximate surface area is 109 Å². The van der Waals surface area contributed by atoms with E-state index in [0.29, 0.717) is 12.5 Å². The molecule has 0 aliphatic rings. The molecule has 1 aromatic rings. The molecule has 96 valence electrons. The van der Waals surface area contributed by atoms with Crippen LogP contribution in [0.25, 0.3) is 0 Å². The molecule has 0 aliphatic carbocycles. The Bertz CT molecular complexity index is 429. The third kappa shape index (κ3) is 4.58. The number of hydrogen-bond acceptors (Lipinski definition) is 2. The number of rotatable bonds is 5. The maximum Gasteiger partial charge on any atom is 0.324 e. The fourth-order valence-corrected chi connectivity index (χ4v) is 1.80. The van der Waals surface area contributed by atoms with Gasteiger partial charge in [0.2, 0.25) is 0 Å². The van der Waals surface area contributed by atoms with Crippen LogP contribution in [0.4, 0.5) is 0 Å². The number of nitriles is 1. The van der Waals surface area contributed by atoms with Crippen LogP contribution in [0.3, 0.4) is 0 Å². The van der Waals surface area contributed by atoms with Gasteiger partial charge < -0.3 is 4.90 Å². The maximum absolute atomic E-state index is 11.1. The molecule has 3 heteroatoms. The van der Waals surface area contributed by atoms with Gasteiger partial charge >= 0.3 is 5.91 Å². The first-order valence-electron chi connectivity index (χ1n) is 6.26. The molecule has 0 saturated heterocycles. The van der Waals surface area contributed by atoms with Crippen LogP contribution < -0.4 is 0 Å². The quantitative estimate of drug-likeness (QED) is 0.747. The molecule has 0 bridgehead atoms. The van der Waals surface area contributed by atoms with E-state index in [1.807, 2.05) is 0 Å². The van der Waals surface area contributed by atoms with Crippen molar-refractivity contribution in [2.75, 3.05) is 13.6 Å². The zero-order valence-corrected chi connectivity index (χ0v) is 11.3. The lowest BCUT2D eigenvalue weighted by atomic mass is 10.0. The Kier molecular flexibility index (Phi) is 5.38. The van der Waals surface area contributed by atoms with Crippen LogP contribution in [-0.2, 0) is 17.6 Å². The van der Waals surface area contributed by atoms with Crippen molar-refractivity contribution in [1.82, 2.24) is 4.90 Å². The van der Waals surface area contributed by atoms with Crippen LogP contribution in [0.1, 0.15) is 25.0 Å². The predicted octanol–water partition coefficient (Wildman–Crippen LogP) is 2.41. The van der Waals surface area contributed by atoms with E-state index in [2.05, 4.69) is 38.1 Å². The summed E-state index contributed by atoms with van der Waals surface area (Å²) in [4.78, 5) is 12.5. The molecule has 1 rings (SSSR count). The van der Waals surface area contributed by atoms with Gasteiger partial charge in [0.1, 0.15) is 0 Å². The molecule has 3 nitrogen and oxygen atoms in total. The number of benzene rings is 1. The van der Waals surface area contributed by atoms with Gasteiger partial charge in [0, 0.05) is 13.6 Å². The average molecular weight is 244 g/mol. The zero-order valence-electron chi connectivity index (χ0n) is 11.3. The fourth-order valence-electron chi connectivity index (χ4n) is 1.80. The molecule has 0 aromatic heterocycles. The highest BCUT2D eigenvalue weighted by molar-refractivity contribution is 5.90. The lowest BCUT2D eigenvalue weighted by Gasteiger charge is -2.13.